The van der Waals surface area contributed by atoms with E-state index in [0.29, 0.717) is 17.2 Å². The van der Waals surface area contributed by atoms with Crippen LogP contribution >= 0.6 is 23.6 Å². The van der Waals surface area contributed by atoms with Gasteiger partial charge < -0.3 is 0 Å². The lowest BCUT2D eigenvalue weighted by Gasteiger charge is -2.08. The van der Waals surface area contributed by atoms with E-state index in [1.54, 1.807) is 4.57 Å². The summed E-state index contributed by atoms with van der Waals surface area (Å²) in [5.74, 6) is 0.347. The van der Waals surface area contributed by atoms with Crippen molar-refractivity contribution in [1.82, 2.24) is 20.2 Å². The number of nitrogens with one attached hydrogen (secondary N) is 2. The summed E-state index contributed by atoms with van der Waals surface area (Å²) < 4.78 is 2.04. The molecule has 2 aromatic heterocycles. The number of amides is 1. The summed E-state index contributed by atoms with van der Waals surface area (Å²) >= 11 is 6.72. The second kappa shape index (κ2) is 7.32. The highest BCUT2D eigenvalue weighted by molar-refractivity contribution is 7.71. The Labute approximate surface area is 141 Å². The van der Waals surface area contributed by atoms with Crippen LogP contribution in [0.2, 0.25) is 0 Å². The molecule has 23 heavy (non-hydrogen) atoms. The number of rotatable bonds is 6. The van der Waals surface area contributed by atoms with Gasteiger partial charge in [0.1, 0.15) is 6.54 Å². The van der Waals surface area contributed by atoms with Crippen molar-refractivity contribution in [2.45, 2.75) is 13.2 Å². The summed E-state index contributed by atoms with van der Waals surface area (Å²) in [6.45, 7) is 0.346. The third-order valence-electron chi connectivity index (χ3n) is 3.07. The first-order chi connectivity index (χ1) is 11.2. The third-order valence-corrected chi connectivity index (χ3v) is 4.25. The standard InChI is InChI=1S/C15H14N4O2S2/c20-13(18-21-10-11-5-2-1-3-6-11)9-19-14(16-17-15(19)22)12-7-4-8-23-12/h1-8H,9-10H2,(H,17,22)(H,18,20). The summed E-state index contributed by atoms with van der Waals surface area (Å²) in [7, 11) is 0. The van der Waals surface area contributed by atoms with E-state index in [-0.39, 0.29) is 12.5 Å². The molecule has 3 rings (SSSR count). The molecule has 6 nitrogen and oxygen atoms in total. The highest BCUT2D eigenvalue weighted by Crippen LogP contribution is 2.22. The summed E-state index contributed by atoms with van der Waals surface area (Å²) in [6.07, 6.45) is 0. The molecule has 0 unspecified atom stereocenters. The minimum Gasteiger partial charge on any atom is -0.290 e. The monoisotopic (exact) mass is 346 g/mol. The van der Waals surface area contributed by atoms with Gasteiger partial charge in [0.15, 0.2) is 10.6 Å². The van der Waals surface area contributed by atoms with Crippen molar-refractivity contribution in [3.63, 3.8) is 0 Å². The number of hydroxylamine groups is 1. The van der Waals surface area contributed by atoms with E-state index in [9.17, 15) is 4.79 Å². The van der Waals surface area contributed by atoms with Crippen LogP contribution < -0.4 is 5.48 Å². The normalized spacial score (nSPS) is 10.6. The third kappa shape index (κ3) is 3.92. The molecule has 0 aliphatic rings. The highest BCUT2D eigenvalue weighted by Gasteiger charge is 2.13. The van der Waals surface area contributed by atoms with E-state index in [0.717, 1.165) is 10.4 Å². The van der Waals surface area contributed by atoms with E-state index in [1.807, 2.05) is 47.8 Å². The molecule has 0 aliphatic carbocycles. The van der Waals surface area contributed by atoms with E-state index < -0.39 is 0 Å². The fraction of sp³-hybridized carbons (Fsp3) is 0.133. The van der Waals surface area contributed by atoms with Crippen molar-refractivity contribution in [2.24, 2.45) is 0 Å². The molecule has 8 heteroatoms. The van der Waals surface area contributed by atoms with Crippen LogP contribution in [0.25, 0.3) is 10.7 Å². The molecule has 0 saturated heterocycles. The molecule has 2 heterocycles. The Kier molecular flexibility index (Phi) is 4.96. The first-order valence-electron chi connectivity index (χ1n) is 6.87. The summed E-state index contributed by atoms with van der Waals surface area (Å²) in [4.78, 5) is 18.2. The average molecular weight is 346 g/mol. The van der Waals surface area contributed by atoms with Gasteiger partial charge in [0, 0.05) is 0 Å². The Balaban J connectivity index is 1.60. The summed E-state index contributed by atoms with van der Waals surface area (Å²) in [5.41, 5.74) is 3.40. The Bertz CT molecular complexity index is 825. The number of hydrogen-bond acceptors (Lipinski definition) is 5. The minimum absolute atomic E-state index is 0.0390. The average Bonchev–Trinajstić information content (AvgIpc) is 3.19. The van der Waals surface area contributed by atoms with Crippen molar-refractivity contribution in [3.05, 3.63) is 58.2 Å². The van der Waals surface area contributed by atoms with Gasteiger partial charge in [0.25, 0.3) is 5.91 Å². The number of aromatic amines is 1. The van der Waals surface area contributed by atoms with Crippen LogP contribution in [0.1, 0.15) is 5.56 Å². The molecule has 118 valence electrons. The second-order valence-corrected chi connectivity index (χ2v) is 6.05. The maximum atomic E-state index is 12.0. The fourth-order valence-electron chi connectivity index (χ4n) is 2.01. The Hall–Kier alpha value is -2.29. The van der Waals surface area contributed by atoms with Crippen molar-refractivity contribution >= 4 is 29.5 Å². The predicted molar refractivity (Wildman–Crippen MR) is 90.1 cm³/mol. The van der Waals surface area contributed by atoms with Crippen molar-refractivity contribution in [3.8, 4) is 10.7 Å². The molecular formula is C15H14N4O2S2. The summed E-state index contributed by atoms with van der Waals surface area (Å²) in [6, 6.07) is 13.5. The van der Waals surface area contributed by atoms with Gasteiger partial charge >= 0.3 is 0 Å². The maximum Gasteiger partial charge on any atom is 0.263 e. The van der Waals surface area contributed by atoms with E-state index in [4.69, 9.17) is 17.1 Å². The van der Waals surface area contributed by atoms with Crippen LogP contribution in [0.15, 0.2) is 47.8 Å². The molecule has 0 aliphatic heterocycles. The van der Waals surface area contributed by atoms with Gasteiger partial charge in [-0.1, -0.05) is 36.4 Å². The molecule has 3 aromatic rings. The first kappa shape index (κ1) is 15.6. The molecule has 0 spiro atoms. The Morgan fingerprint density at radius 1 is 1.30 bits per heavy atom. The molecule has 0 saturated carbocycles. The van der Waals surface area contributed by atoms with Gasteiger partial charge in [-0.2, -0.15) is 5.10 Å². The zero-order valence-electron chi connectivity index (χ0n) is 12.1. The second-order valence-electron chi connectivity index (χ2n) is 4.72. The fourth-order valence-corrected chi connectivity index (χ4v) is 2.93. The quantitative estimate of drug-likeness (QED) is 0.532. The lowest BCUT2D eigenvalue weighted by molar-refractivity contribution is -0.135. The van der Waals surface area contributed by atoms with Crippen molar-refractivity contribution < 1.29 is 9.63 Å². The topological polar surface area (TPSA) is 71.9 Å². The number of hydrogen-bond donors (Lipinski definition) is 2. The molecule has 1 amide bonds. The largest absolute Gasteiger partial charge is 0.290 e. The van der Waals surface area contributed by atoms with Crippen LogP contribution in [-0.2, 0) is 22.8 Å². The zero-order valence-corrected chi connectivity index (χ0v) is 13.7. The molecule has 2 N–H and O–H groups in total. The highest BCUT2D eigenvalue weighted by atomic mass is 32.1. The predicted octanol–water partition coefficient (Wildman–Crippen LogP) is 2.92. The van der Waals surface area contributed by atoms with Crippen LogP contribution in [0, 0.1) is 4.77 Å². The molecule has 0 atom stereocenters. The molecule has 0 fully saturated rings. The first-order valence-corrected chi connectivity index (χ1v) is 8.16. The van der Waals surface area contributed by atoms with Gasteiger partial charge in [-0.15, -0.1) is 11.3 Å². The molecule has 0 radical (unpaired) electrons. The maximum absolute atomic E-state index is 12.0. The van der Waals surface area contributed by atoms with Crippen LogP contribution in [0.3, 0.4) is 0 Å². The van der Waals surface area contributed by atoms with E-state index in [2.05, 4.69) is 15.7 Å². The van der Waals surface area contributed by atoms with Gasteiger partial charge in [-0.3, -0.25) is 19.3 Å². The summed E-state index contributed by atoms with van der Waals surface area (Å²) in [5, 5.41) is 8.83. The number of aromatic nitrogens is 3. The Morgan fingerprint density at radius 3 is 2.87 bits per heavy atom. The lowest BCUT2D eigenvalue weighted by atomic mass is 10.2. The van der Waals surface area contributed by atoms with Gasteiger partial charge in [-0.05, 0) is 29.2 Å². The minimum atomic E-state index is -0.295. The molecule has 0 bridgehead atoms. The number of nitrogens with zero attached hydrogens (tertiary/aromatic N) is 2. The van der Waals surface area contributed by atoms with Gasteiger partial charge in [0.05, 0.1) is 11.5 Å². The van der Waals surface area contributed by atoms with Crippen molar-refractivity contribution in [1.29, 1.82) is 0 Å². The van der Waals surface area contributed by atoms with Crippen LogP contribution in [0.5, 0.6) is 0 Å². The Morgan fingerprint density at radius 2 is 2.13 bits per heavy atom. The van der Waals surface area contributed by atoms with Crippen LogP contribution in [-0.4, -0.2) is 20.7 Å². The number of carbonyl (C=O) groups is 1. The number of benzene rings is 1. The van der Waals surface area contributed by atoms with Gasteiger partial charge in [0.2, 0.25) is 0 Å². The number of carbonyl (C=O) groups excluding carboxylic acids is 1. The number of thiophene rings is 1. The van der Waals surface area contributed by atoms with E-state index in [1.165, 1.54) is 11.3 Å². The van der Waals surface area contributed by atoms with Crippen LogP contribution in [0.4, 0.5) is 0 Å². The SMILES string of the molecule is O=C(Cn1c(-c2cccs2)n[nH]c1=S)NOCc1ccccc1. The van der Waals surface area contributed by atoms with Crippen molar-refractivity contribution in [2.75, 3.05) is 0 Å². The van der Waals surface area contributed by atoms with Gasteiger partial charge in [-0.25, -0.2) is 5.48 Å². The lowest BCUT2D eigenvalue weighted by Crippen LogP contribution is -2.28. The molecule has 1 aromatic carbocycles. The number of H-pyrrole nitrogens is 1. The molecular weight excluding hydrogens is 332 g/mol. The van der Waals surface area contributed by atoms with E-state index >= 15 is 0 Å². The zero-order chi connectivity index (χ0) is 16.1. The smallest absolute Gasteiger partial charge is 0.263 e.